The summed E-state index contributed by atoms with van der Waals surface area (Å²) in [6.45, 7) is 5.36. The summed E-state index contributed by atoms with van der Waals surface area (Å²) in [6.07, 6.45) is -2.52. The monoisotopic (exact) mass is 284 g/mol. The number of unbranched alkanes of at least 4 members (excludes halogenated alkanes) is 1. The van der Waals surface area contributed by atoms with Crippen molar-refractivity contribution in [2.75, 3.05) is 19.7 Å². The van der Waals surface area contributed by atoms with E-state index in [9.17, 15) is 18.0 Å². The van der Waals surface area contributed by atoms with Crippen LogP contribution in [0.15, 0.2) is 0 Å². The summed E-state index contributed by atoms with van der Waals surface area (Å²) in [4.78, 5) is 11.3. The average Bonchev–Trinajstić information content (AvgIpc) is 2.28. The van der Waals surface area contributed by atoms with Crippen LogP contribution in [0.5, 0.6) is 0 Å². The minimum absolute atomic E-state index is 0.194. The van der Waals surface area contributed by atoms with Crippen molar-refractivity contribution in [2.45, 2.75) is 51.9 Å². The molecule has 2 N–H and O–H groups in total. The molecule has 4 nitrogen and oxygen atoms in total. The summed E-state index contributed by atoms with van der Waals surface area (Å²) >= 11 is 0. The van der Waals surface area contributed by atoms with Gasteiger partial charge in [-0.2, -0.15) is 13.2 Å². The zero-order valence-electron chi connectivity index (χ0n) is 11.6. The summed E-state index contributed by atoms with van der Waals surface area (Å²) in [6, 6.07) is -0.631. The number of alkyl halides is 3. The average molecular weight is 284 g/mol. The Morgan fingerprint density at radius 2 is 1.84 bits per heavy atom. The Labute approximate surface area is 112 Å². The van der Waals surface area contributed by atoms with Crippen LogP contribution < -0.4 is 10.6 Å². The highest BCUT2D eigenvalue weighted by Crippen LogP contribution is 2.12. The first-order valence-corrected chi connectivity index (χ1v) is 6.42. The lowest BCUT2D eigenvalue weighted by Gasteiger charge is -2.15. The first-order valence-electron chi connectivity index (χ1n) is 6.42. The molecule has 0 aromatic carbocycles. The molecule has 0 radical (unpaired) electrons. The Morgan fingerprint density at radius 3 is 2.37 bits per heavy atom. The topological polar surface area (TPSA) is 50.4 Å². The third kappa shape index (κ3) is 12.0. The van der Waals surface area contributed by atoms with E-state index in [4.69, 9.17) is 4.74 Å². The molecule has 0 fully saturated rings. The van der Waals surface area contributed by atoms with Crippen LogP contribution in [0.4, 0.5) is 13.2 Å². The predicted molar refractivity (Wildman–Crippen MR) is 66.9 cm³/mol. The summed E-state index contributed by atoms with van der Waals surface area (Å²) < 4.78 is 41.0. The van der Waals surface area contributed by atoms with Gasteiger partial charge in [0.1, 0.15) is 6.54 Å². The minimum Gasteiger partial charge on any atom is -0.379 e. The molecule has 0 saturated heterocycles. The van der Waals surface area contributed by atoms with E-state index in [1.54, 1.807) is 0 Å². The van der Waals surface area contributed by atoms with Crippen molar-refractivity contribution < 1.29 is 22.7 Å². The van der Waals surface area contributed by atoms with E-state index in [2.05, 4.69) is 5.32 Å². The quantitative estimate of drug-likeness (QED) is 0.635. The first-order chi connectivity index (χ1) is 8.72. The second-order valence-corrected chi connectivity index (χ2v) is 4.64. The van der Waals surface area contributed by atoms with Gasteiger partial charge in [-0.05, 0) is 40.2 Å². The van der Waals surface area contributed by atoms with Gasteiger partial charge in [0.2, 0.25) is 5.91 Å². The van der Waals surface area contributed by atoms with E-state index in [1.165, 1.54) is 6.92 Å². The fourth-order valence-electron chi connectivity index (χ4n) is 1.30. The van der Waals surface area contributed by atoms with Crippen LogP contribution in [0.3, 0.4) is 0 Å². The van der Waals surface area contributed by atoms with Crippen LogP contribution in [0.25, 0.3) is 0 Å². The summed E-state index contributed by atoms with van der Waals surface area (Å²) in [7, 11) is 0. The number of hydrogen-bond donors (Lipinski definition) is 2. The molecule has 0 aliphatic rings. The molecule has 0 heterocycles. The Bertz CT molecular complexity index is 258. The molecule has 1 unspecified atom stereocenters. The number of ether oxygens (including phenoxy) is 1. The zero-order valence-corrected chi connectivity index (χ0v) is 11.6. The molecule has 0 spiro atoms. The number of amides is 1. The molecule has 19 heavy (non-hydrogen) atoms. The molecule has 0 bridgehead atoms. The van der Waals surface area contributed by atoms with Gasteiger partial charge in [-0.1, -0.05) is 0 Å². The Balaban J connectivity index is 3.57. The summed E-state index contributed by atoms with van der Waals surface area (Å²) in [5.74, 6) is -0.643. The number of carbonyl (C=O) groups excluding carboxylic acids is 1. The maximum Gasteiger partial charge on any atom is 0.405 e. The molecule has 7 heteroatoms. The second kappa shape index (κ2) is 9.14. The molecule has 0 aromatic rings. The highest BCUT2D eigenvalue weighted by atomic mass is 19.4. The van der Waals surface area contributed by atoms with Gasteiger partial charge in [0, 0.05) is 6.61 Å². The Morgan fingerprint density at radius 1 is 1.21 bits per heavy atom. The lowest BCUT2D eigenvalue weighted by Crippen LogP contribution is -2.45. The van der Waals surface area contributed by atoms with E-state index in [0.717, 1.165) is 12.8 Å². The number of rotatable bonds is 9. The molecular weight excluding hydrogens is 261 g/mol. The Kier molecular flexibility index (Phi) is 8.75. The van der Waals surface area contributed by atoms with E-state index in [1.807, 2.05) is 19.2 Å². The van der Waals surface area contributed by atoms with E-state index in [0.29, 0.717) is 13.2 Å². The van der Waals surface area contributed by atoms with Crippen molar-refractivity contribution in [3.8, 4) is 0 Å². The van der Waals surface area contributed by atoms with Gasteiger partial charge in [0.25, 0.3) is 0 Å². The van der Waals surface area contributed by atoms with Gasteiger partial charge in [-0.15, -0.1) is 0 Å². The van der Waals surface area contributed by atoms with Crippen LogP contribution >= 0.6 is 0 Å². The van der Waals surface area contributed by atoms with Crippen LogP contribution in [-0.4, -0.2) is 43.9 Å². The van der Waals surface area contributed by atoms with Gasteiger partial charge in [0.05, 0.1) is 12.1 Å². The third-order valence-electron chi connectivity index (χ3n) is 2.33. The van der Waals surface area contributed by atoms with Gasteiger partial charge in [-0.25, -0.2) is 0 Å². The van der Waals surface area contributed by atoms with Crippen LogP contribution in [0, 0.1) is 0 Å². The molecule has 114 valence electrons. The molecule has 1 amide bonds. The summed E-state index contributed by atoms with van der Waals surface area (Å²) in [5.41, 5.74) is 0. The molecule has 0 rings (SSSR count). The number of halogens is 3. The van der Waals surface area contributed by atoms with E-state index in [-0.39, 0.29) is 6.10 Å². The lowest BCUT2D eigenvalue weighted by molar-refractivity contribution is -0.139. The summed E-state index contributed by atoms with van der Waals surface area (Å²) in [5, 5.41) is 4.71. The minimum atomic E-state index is -4.37. The standard InChI is InChI=1S/C12H23F3N2O2/c1-9(2)19-7-5-4-6-16-10(3)11(18)17-8-12(13,14)15/h9-10,16H,4-8H2,1-3H3,(H,17,18). The maximum atomic E-state index is 11.9. The fourth-order valence-corrected chi connectivity index (χ4v) is 1.30. The van der Waals surface area contributed by atoms with Crippen molar-refractivity contribution in [3.63, 3.8) is 0 Å². The Hall–Kier alpha value is -0.820. The SMILES string of the molecule is CC(C)OCCCCNC(C)C(=O)NCC(F)(F)F. The van der Waals surface area contributed by atoms with Gasteiger partial charge in [0.15, 0.2) is 0 Å². The number of nitrogens with one attached hydrogen (secondary N) is 2. The molecule has 0 aromatic heterocycles. The molecule has 1 atom stereocenters. The smallest absolute Gasteiger partial charge is 0.379 e. The van der Waals surface area contributed by atoms with E-state index >= 15 is 0 Å². The molecule has 0 aliphatic carbocycles. The largest absolute Gasteiger partial charge is 0.405 e. The third-order valence-corrected chi connectivity index (χ3v) is 2.33. The molecule has 0 aliphatic heterocycles. The maximum absolute atomic E-state index is 11.9. The zero-order chi connectivity index (χ0) is 14.9. The van der Waals surface area contributed by atoms with Crippen LogP contribution in [0.1, 0.15) is 33.6 Å². The molecule has 0 saturated carbocycles. The van der Waals surface area contributed by atoms with Crippen LogP contribution in [-0.2, 0) is 9.53 Å². The fraction of sp³-hybridized carbons (Fsp3) is 0.917. The normalized spacial score (nSPS) is 13.6. The van der Waals surface area contributed by atoms with Gasteiger partial charge < -0.3 is 15.4 Å². The van der Waals surface area contributed by atoms with E-state index < -0.39 is 24.7 Å². The van der Waals surface area contributed by atoms with Gasteiger partial charge >= 0.3 is 6.18 Å². The second-order valence-electron chi connectivity index (χ2n) is 4.64. The van der Waals surface area contributed by atoms with Crippen molar-refractivity contribution in [3.05, 3.63) is 0 Å². The molecular formula is C12H23F3N2O2. The van der Waals surface area contributed by atoms with Crippen molar-refractivity contribution in [2.24, 2.45) is 0 Å². The number of hydrogen-bond acceptors (Lipinski definition) is 3. The lowest BCUT2D eigenvalue weighted by atomic mass is 10.2. The van der Waals surface area contributed by atoms with Crippen molar-refractivity contribution in [1.29, 1.82) is 0 Å². The van der Waals surface area contributed by atoms with Crippen molar-refractivity contribution >= 4 is 5.91 Å². The highest BCUT2D eigenvalue weighted by Gasteiger charge is 2.28. The number of carbonyl (C=O) groups is 1. The highest BCUT2D eigenvalue weighted by molar-refractivity contribution is 5.81. The van der Waals surface area contributed by atoms with Crippen LogP contribution in [0.2, 0.25) is 0 Å². The van der Waals surface area contributed by atoms with Crippen molar-refractivity contribution in [1.82, 2.24) is 10.6 Å². The first kappa shape index (κ1) is 18.2. The van der Waals surface area contributed by atoms with Gasteiger partial charge in [-0.3, -0.25) is 4.79 Å². The predicted octanol–water partition coefficient (Wildman–Crippen LogP) is 1.85.